The first-order valence-electron chi connectivity index (χ1n) is 5.37. The third-order valence-electron chi connectivity index (χ3n) is 2.48. The molecule has 0 fully saturated rings. The van der Waals surface area contributed by atoms with E-state index in [4.69, 9.17) is 10.00 Å². The summed E-state index contributed by atoms with van der Waals surface area (Å²) in [5, 5.41) is 8.72. The highest BCUT2D eigenvalue weighted by molar-refractivity contribution is 9.10. The first-order valence-corrected chi connectivity index (χ1v) is 6.16. The monoisotopic (exact) mass is 323 g/mol. The quantitative estimate of drug-likeness (QED) is 0.849. The number of nitrogens with zero attached hydrogens (tertiary/aromatic N) is 1. The summed E-state index contributed by atoms with van der Waals surface area (Å²) in [4.78, 5) is 0. The Morgan fingerprint density at radius 3 is 2.74 bits per heavy atom. The Morgan fingerprint density at radius 1 is 1.21 bits per heavy atom. The average molecular weight is 324 g/mol. The predicted octanol–water partition coefficient (Wildman–Crippen LogP) is 4.18. The molecule has 0 saturated heterocycles. The van der Waals surface area contributed by atoms with Gasteiger partial charge in [0, 0.05) is 11.6 Å². The summed E-state index contributed by atoms with van der Waals surface area (Å²) in [6, 6.07) is 10.2. The van der Waals surface area contributed by atoms with Crippen LogP contribution in [0.1, 0.15) is 11.1 Å². The van der Waals surface area contributed by atoms with Crippen molar-refractivity contribution in [1.82, 2.24) is 0 Å². The van der Waals surface area contributed by atoms with Crippen LogP contribution in [0.3, 0.4) is 0 Å². The molecular formula is C14H8BrF2NO. The van der Waals surface area contributed by atoms with Gasteiger partial charge in [-0.25, -0.2) is 8.78 Å². The van der Waals surface area contributed by atoms with Crippen LogP contribution in [0.5, 0.6) is 5.75 Å². The van der Waals surface area contributed by atoms with Crippen LogP contribution in [0.25, 0.3) is 0 Å². The topological polar surface area (TPSA) is 33.0 Å². The fraction of sp³-hybridized carbons (Fsp3) is 0.0714. The summed E-state index contributed by atoms with van der Waals surface area (Å²) in [5.74, 6) is -0.774. The largest absolute Gasteiger partial charge is 0.488 e. The third-order valence-corrected chi connectivity index (χ3v) is 3.13. The molecule has 19 heavy (non-hydrogen) atoms. The van der Waals surface area contributed by atoms with Crippen LogP contribution in [0.2, 0.25) is 0 Å². The minimum absolute atomic E-state index is 0.0422. The molecule has 0 aliphatic heterocycles. The van der Waals surface area contributed by atoms with Crippen LogP contribution in [-0.4, -0.2) is 0 Å². The lowest BCUT2D eigenvalue weighted by Gasteiger charge is -2.09. The summed E-state index contributed by atoms with van der Waals surface area (Å²) in [7, 11) is 0. The van der Waals surface area contributed by atoms with E-state index in [1.807, 2.05) is 0 Å². The molecule has 5 heteroatoms. The van der Waals surface area contributed by atoms with E-state index in [0.29, 0.717) is 4.47 Å². The van der Waals surface area contributed by atoms with Crippen molar-refractivity contribution < 1.29 is 13.5 Å². The van der Waals surface area contributed by atoms with Gasteiger partial charge >= 0.3 is 0 Å². The van der Waals surface area contributed by atoms with Crippen LogP contribution in [0, 0.1) is 23.0 Å². The lowest BCUT2D eigenvalue weighted by atomic mass is 10.1. The van der Waals surface area contributed by atoms with Crippen molar-refractivity contribution in [3.63, 3.8) is 0 Å². The van der Waals surface area contributed by atoms with Gasteiger partial charge in [0.1, 0.15) is 30.1 Å². The number of halogens is 3. The number of rotatable bonds is 3. The summed E-state index contributed by atoms with van der Waals surface area (Å²) in [6.45, 7) is -0.0800. The Balaban J connectivity index is 2.20. The van der Waals surface area contributed by atoms with Gasteiger partial charge in [0.05, 0.1) is 10.0 Å². The van der Waals surface area contributed by atoms with Crippen LogP contribution in [0.4, 0.5) is 8.78 Å². The normalized spacial score (nSPS) is 10.0. The Bertz CT molecular complexity index is 652. The summed E-state index contributed by atoms with van der Waals surface area (Å²) >= 11 is 3.21. The summed E-state index contributed by atoms with van der Waals surface area (Å²) in [5.41, 5.74) is 0.203. The van der Waals surface area contributed by atoms with Gasteiger partial charge in [-0.05, 0) is 34.1 Å². The van der Waals surface area contributed by atoms with Crippen molar-refractivity contribution in [3.05, 3.63) is 63.6 Å². The standard InChI is InChI=1S/C14H8BrF2NO/c15-12-5-4-11(16)6-13(12)19-8-10-3-1-2-9(7-18)14(10)17/h1-6H,8H2. The van der Waals surface area contributed by atoms with E-state index >= 15 is 0 Å². The number of nitriles is 1. The van der Waals surface area contributed by atoms with Crippen LogP contribution >= 0.6 is 15.9 Å². The fourth-order valence-corrected chi connectivity index (χ4v) is 1.88. The molecule has 0 unspecified atom stereocenters. The molecule has 0 saturated carbocycles. The second-order valence-electron chi connectivity index (χ2n) is 3.75. The minimum atomic E-state index is -0.613. The maximum absolute atomic E-state index is 13.8. The van der Waals surface area contributed by atoms with E-state index in [9.17, 15) is 8.78 Å². The molecule has 2 aromatic rings. The van der Waals surface area contributed by atoms with Gasteiger partial charge in [0.25, 0.3) is 0 Å². The molecule has 0 aliphatic rings. The molecule has 2 rings (SSSR count). The maximum Gasteiger partial charge on any atom is 0.147 e. The van der Waals surface area contributed by atoms with Crippen molar-refractivity contribution in [2.24, 2.45) is 0 Å². The zero-order valence-corrected chi connectivity index (χ0v) is 11.2. The molecule has 2 nitrogen and oxygen atoms in total. The van der Waals surface area contributed by atoms with Crippen LogP contribution in [0.15, 0.2) is 40.9 Å². The van der Waals surface area contributed by atoms with Gasteiger partial charge in [-0.1, -0.05) is 12.1 Å². The molecule has 0 aliphatic carbocycles. The first-order chi connectivity index (χ1) is 9.11. The molecular weight excluding hydrogens is 316 g/mol. The van der Waals surface area contributed by atoms with Gasteiger partial charge in [0.2, 0.25) is 0 Å². The molecule has 0 amide bonds. The molecule has 0 atom stereocenters. The Kier molecular flexibility index (Phi) is 4.13. The minimum Gasteiger partial charge on any atom is -0.488 e. The van der Waals surface area contributed by atoms with Crippen LogP contribution < -0.4 is 4.74 Å². The first kappa shape index (κ1) is 13.5. The molecule has 96 valence electrons. The van der Waals surface area contributed by atoms with E-state index in [2.05, 4.69) is 15.9 Å². The zero-order chi connectivity index (χ0) is 13.8. The van der Waals surface area contributed by atoms with E-state index < -0.39 is 11.6 Å². The van der Waals surface area contributed by atoms with Gasteiger partial charge < -0.3 is 4.74 Å². The number of benzene rings is 2. The second-order valence-corrected chi connectivity index (χ2v) is 4.61. The Morgan fingerprint density at radius 2 is 2.00 bits per heavy atom. The summed E-state index contributed by atoms with van der Waals surface area (Å²) in [6.07, 6.45) is 0. The molecule has 2 aromatic carbocycles. The van der Waals surface area contributed by atoms with Crippen molar-refractivity contribution in [1.29, 1.82) is 5.26 Å². The van der Waals surface area contributed by atoms with Crippen molar-refractivity contribution >= 4 is 15.9 Å². The van der Waals surface area contributed by atoms with E-state index in [-0.39, 0.29) is 23.5 Å². The van der Waals surface area contributed by atoms with Gasteiger partial charge in [0.15, 0.2) is 0 Å². The van der Waals surface area contributed by atoms with Gasteiger partial charge in [-0.2, -0.15) is 5.26 Å². The van der Waals surface area contributed by atoms with E-state index in [1.165, 1.54) is 30.3 Å². The van der Waals surface area contributed by atoms with Crippen molar-refractivity contribution in [2.75, 3.05) is 0 Å². The molecule has 0 spiro atoms. The second kappa shape index (κ2) is 5.81. The van der Waals surface area contributed by atoms with Crippen molar-refractivity contribution in [3.8, 4) is 11.8 Å². The lowest BCUT2D eigenvalue weighted by Crippen LogP contribution is -2.01. The smallest absolute Gasteiger partial charge is 0.147 e. The van der Waals surface area contributed by atoms with E-state index in [0.717, 1.165) is 0 Å². The maximum atomic E-state index is 13.8. The number of hydrogen-bond acceptors (Lipinski definition) is 2. The Labute approximate surface area is 117 Å². The molecule has 0 bridgehead atoms. The van der Waals surface area contributed by atoms with Gasteiger partial charge in [-0.3, -0.25) is 0 Å². The molecule has 0 heterocycles. The third kappa shape index (κ3) is 3.09. The number of ether oxygens (including phenoxy) is 1. The SMILES string of the molecule is N#Cc1cccc(COc2cc(F)ccc2Br)c1F. The number of hydrogen-bond donors (Lipinski definition) is 0. The van der Waals surface area contributed by atoms with Crippen molar-refractivity contribution in [2.45, 2.75) is 6.61 Å². The van der Waals surface area contributed by atoms with E-state index in [1.54, 1.807) is 12.1 Å². The highest BCUT2D eigenvalue weighted by Crippen LogP contribution is 2.26. The summed E-state index contributed by atoms with van der Waals surface area (Å²) < 4.78 is 32.7. The highest BCUT2D eigenvalue weighted by atomic mass is 79.9. The molecule has 0 radical (unpaired) electrons. The Hall–Kier alpha value is -1.93. The molecule has 0 N–H and O–H groups in total. The highest BCUT2D eigenvalue weighted by Gasteiger charge is 2.09. The fourth-order valence-electron chi connectivity index (χ4n) is 1.52. The molecule has 0 aromatic heterocycles. The zero-order valence-electron chi connectivity index (χ0n) is 9.66. The van der Waals surface area contributed by atoms with Gasteiger partial charge in [-0.15, -0.1) is 0 Å². The average Bonchev–Trinajstić information content (AvgIpc) is 2.41. The lowest BCUT2D eigenvalue weighted by molar-refractivity contribution is 0.296. The van der Waals surface area contributed by atoms with Crippen LogP contribution in [-0.2, 0) is 6.61 Å². The predicted molar refractivity (Wildman–Crippen MR) is 69.5 cm³/mol.